The number of aliphatic hydroxyl groups is 3. The molecule has 1 aromatic carbocycles. The molecule has 31 heavy (non-hydrogen) atoms. The van der Waals surface area contributed by atoms with E-state index in [9.17, 15) is 24.6 Å². The second kappa shape index (κ2) is 9.73. The molecule has 0 saturated heterocycles. The Kier molecular flexibility index (Phi) is 7.26. The van der Waals surface area contributed by atoms with Gasteiger partial charge in [0.2, 0.25) is 0 Å². The number of benzene rings is 1. The number of carbonyl (C=O) groups excluding carboxylic acids is 1. The van der Waals surface area contributed by atoms with E-state index in [-0.39, 0.29) is 22.8 Å². The Morgan fingerprint density at radius 1 is 1.26 bits per heavy atom. The Morgan fingerprint density at radius 2 is 1.97 bits per heavy atom. The van der Waals surface area contributed by atoms with Crippen LogP contribution < -0.4 is 16.6 Å². The van der Waals surface area contributed by atoms with Gasteiger partial charge in [-0.2, -0.15) is 9.78 Å². The number of aromatic nitrogens is 3. The fourth-order valence-electron chi connectivity index (χ4n) is 3.59. The highest BCUT2D eigenvalue weighted by Gasteiger charge is 2.29. The maximum absolute atomic E-state index is 12.7. The molecule has 1 atom stereocenters. The summed E-state index contributed by atoms with van der Waals surface area (Å²) in [5, 5.41) is 35.8. The summed E-state index contributed by atoms with van der Waals surface area (Å²) in [6.07, 6.45) is 3.69. The molecule has 1 amide bonds. The minimum atomic E-state index is -1.29. The van der Waals surface area contributed by atoms with Crippen LogP contribution in [0.2, 0.25) is 5.02 Å². The number of carbonyl (C=O) groups is 1. The summed E-state index contributed by atoms with van der Waals surface area (Å²) in [5.74, 6) is -0.511. The summed E-state index contributed by atoms with van der Waals surface area (Å²) in [7, 11) is 0. The number of nitrogens with one attached hydrogen (secondary N) is 1. The van der Waals surface area contributed by atoms with Gasteiger partial charge in [-0.05, 0) is 31.0 Å². The first-order chi connectivity index (χ1) is 14.7. The highest BCUT2D eigenvalue weighted by molar-refractivity contribution is 6.33. The van der Waals surface area contributed by atoms with Crippen LogP contribution in [-0.4, -0.2) is 60.4 Å². The molecule has 11 heteroatoms. The second-order valence-corrected chi connectivity index (χ2v) is 8.16. The lowest BCUT2D eigenvalue weighted by molar-refractivity contribution is 0.00526. The van der Waals surface area contributed by atoms with Crippen molar-refractivity contribution in [1.82, 2.24) is 19.7 Å². The molecule has 2 aromatic rings. The molecule has 1 fully saturated rings. The number of nitrogens with zero attached hydrogens (tertiary/aromatic N) is 3. The number of halogens is 1. The summed E-state index contributed by atoms with van der Waals surface area (Å²) in [5.41, 5.74) is -2.25. The predicted octanol–water partition coefficient (Wildman–Crippen LogP) is -0.174. The van der Waals surface area contributed by atoms with Crippen LogP contribution in [0.1, 0.15) is 42.5 Å². The van der Waals surface area contributed by atoms with Crippen molar-refractivity contribution in [2.45, 2.75) is 50.4 Å². The molecule has 1 aromatic heterocycles. The highest BCUT2D eigenvalue weighted by atomic mass is 35.5. The van der Waals surface area contributed by atoms with Gasteiger partial charge in [0.1, 0.15) is 6.20 Å². The van der Waals surface area contributed by atoms with Crippen molar-refractivity contribution >= 4 is 17.5 Å². The van der Waals surface area contributed by atoms with Crippen molar-refractivity contribution < 1.29 is 20.1 Å². The van der Waals surface area contributed by atoms with Gasteiger partial charge in [0, 0.05) is 6.54 Å². The molecule has 3 rings (SSSR count). The first-order valence-electron chi connectivity index (χ1n) is 10.0. The lowest BCUT2D eigenvalue weighted by atomic mass is 9.85. The van der Waals surface area contributed by atoms with Crippen LogP contribution in [-0.2, 0) is 6.54 Å². The molecule has 4 N–H and O–H groups in total. The summed E-state index contributed by atoms with van der Waals surface area (Å²) in [4.78, 5) is 37.3. The van der Waals surface area contributed by atoms with Crippen LogP contribution in [0.3, 0.4) is 0 Å². The lowest BCUT2D eigenvalue weighted by Gasteiger charge is -2.32. The third-order valence-electron chi connectivity index (χ3n) is 5.37. The average Bonchev–Trinajstić information content (AvgIpc) is 2.76. The number of amides is 1. The molecule has 0 aliphatic heterocycles. The topological polar surface area (TPSA) is 147 Å². The first kappa shape index (κ1) is 23.1. The van der Waals surface area contributed by atoms with Gasteiger partial charge in [-0.1, -0.05) is 30.9 Å². The van der Waals surface area contributed by atoms with Crippen molar-refractivity contribution in [3.63, 3.8) is 0 Å². The third kappa shape index (κ3) is 5.40. The molecule has 1 aliphatic carbocycles. The van der Waals surface area contributed by atoms with Crippen molar-refractivity contribution in [2.75, 3.05) is 13.2 Å². The molecule has 1 unspecified atom stereocenters. The Hall–Kier alpha value is -2.53. The molecule has 168 valence electrons. The van der Waals surface area contributed by atoms with Gasteiger partial charge in [0.15, 0.2) is 0 Å². The van der Waals surface area contributed by atoms with Crippen molar-refractivity contribution in [3.05, 3.63) is 55.8 Å². The van der Waals surface area contributed by atoms with Gasteiger partial charge in [-0.3, -0.25) is 14.2 Å². The van der Waals surface area contributed by atoms with Crippen LogP contribution in [0.5, 0.6) is 0 Å². The molecular formula is C20H25ClN4O6. The van der Waals surface area contributed by atoms with Crippen LogP contribution in [0.4, 0.5) is 0 Å². The summed E-state index contributed by atoms with van der Waals surface area (Å²) in [6, 6.07) is 4.24. The molecular weight excluding hydrogens is 428 g/mol. The smallest absolute Gasteiger partial charge is 0.352 e. The zero-order valence-electron chi connectivity index (χ0n) is 16.8. The van der Waals surface area contributed by atoms with Gasteiger partial charge in [-0.25, -0.2) is 4.79 Å². The normalized spacial score (nSPS) is 16.6. The van der Waals surface area contributed by atoms with Crippen LogP contribution in [0.25, 0.3) is 5.69 Å². The largest absolute Gasteiger partial charge is 0.394 e. The fourth-order valence-corrected chi connectivity index (χ4v) is 3.80. The maximum atomic E-state index is 12.7. The molecule has 0 radical (unpaired) electrons. The average molecular weight is 453 g/mol. The number of hydrogen-bond donors (Lipinski definition) is 4. The van der Waals surface area contributed by atoms with Gasteiger partial charge in [0.25, 0.3) is 11.5 Å². The second-order valence-electron chi connectivity index (χ2n) is 7.76. The number of rotatable bonds is 7. The van der Waals surface area contributed by atoms with E-state index in [0.29, 0.717) is 12.8 Å². The predicted molar refractivity (Wildman–Crippen MR) is 113 cm³/mol. The molecule has 0 spiro atoms. The van der Waals surface area contributed by atoms with Gasteiger partial charge < -0.3 is 20.6 Å². The van der Waals surface area contributed by atoms with Crippen LogP contribution in [0.15, 0.2) is 34.0 Å². The lowest BCUT2D eigenvalue weighted by Crippen LogP contribution is -2.44. The zero-order valence-corrected chi connectivity index (χ0v) is 17.6. The molecule has 10 nitrogen and oxygen atoms in total. The van der Waals surface area contributed by atoms with E-state index in [2.05, 4.69) is 10.4 Å². The van der Waals surface area contributed by atoms with Gasteiger partial charge in [0.05, 0.1) is 41.1 Å². The molecule has 1 saturated carbocycles. The molecule has 1 heterocycles. The van der Waals surface area contributed by atoms with Crippen molar-refractivity contribution in [3.8, 4) is 5.69 Å². The van der Waals surface area contributed by atoms with Crippen LogP contribution >= 0.6 is 11.6 Å². The highest BCUT2D eigenvalue weighted by Crippen LogP contribution is 2.27. The Balaban J connectivity index is 1.87. The number of hydrogen-bond acceptors (Lipinski definition) is 7. The van der Waals surface area contributed by atoms with Crippen LogP contribution in [0, 0.1) is 0 Å². The van der Waals surface area contributed by atoms with E-state index >= 15 is 0 Å². The Bertz CT molecular complexity index is 1060. The monoisotopic (exact) mass is 452 g/mol. The Morgan fingerprint density at radius 3 is 2.65 bits per heavy atom. The zero-order chi connectivity index (χ0) is 22.6. The van der Waals surface area contributed by atoms with Gasteiger partial charge >= 0.3 is 5.69 Å². The summed E-state index contributed by atoms with van der Waals surface area (Å²) in [6.45, 7) is -0.934. The third-order valence-corrected chi connectivity index (χ3v) is 5.70. The minimum absolute atomic E-state index is 0.0837. The van der Waals surface area contributed by atoms with E-state index < -0.39 is 42.0 Å². The summed E-state index contributed by atoms with van der Waals surface area (Å²) < 4.78 is 1.63. The fraction of sp³-hybridized carbons (Fsp3) is 0.500. The van der Waals surface area contributed by atoms with E-state index in [4.69, 9.17) is 16.7 Å². The first-order valence-corrected chi connectivity index (χ1v) is 10.4. The van der Waals surface area contributed by atoms with Crippen molar-refractivity contribution in [1.29, 1.82) is 0 Å². The van der Waals surface area contributed by atoms with E-state index in [0.717, 1.165) is 34.7 Å². The molecule has 1 aliphatic rings. The standard InChI is InChI=1S/C20H25ClN4O6/c21-16-5-4-13(25-19(30)24(10-14(27)11-26)17(28)9-23-25)8-15(16)18(29)22-12-20(31)6-2-1-3-7-20/h4-5,8-9,14,26-27,31H,1-3,6-7,10-12H2,(H,22,29). The van der Waals surface area contributed by atoms with Gasteiger partial charge in [-0.15, -0.1) is 0 Å². The van der Waals surface area contributed by atoms with E-state index in [1.807, 2.05) is 0 Å². The summed E-state index contributed by atoms with van der Waals surface area (Å²) >= 11 is 6.17. The van der Waals surface area contributed by atoms with E-state index in [1.54, 1.807) is 0 Å². The Labute approximate surface area is 182 Å². The number of aliphatic hydroxyl groups excluding tert-OH is 2. The van der Waals surface area contributed by atoms with Crippen molar-refractivity contribution in [2.24, 2.45) is 0 Å². The minimum Gasteiger partial charge on any atom is -0.394 e. The van der Waals surface area contributed by atoms with E-state index in [1.165, 1.54) is 18.2 Å². The quantitative estimate of drug-likeness (QED) is 0.456. The SMILES string of the molecule is O=C(NCC1(O)CCCCC1)c1cc(-n2ncc(=O)n(CC(O)CO)c2=O)ccc1Cl. The maximum Gasteiger partial charge on any atom is 0.352 e. The molecule has 0 bridgehead atoms.